The maximum absolute atomic E-state index is 12.1. The lowest BCUT2D eigenvalue weighted by atomic mass is 9.86. The van der Waals surface area contributed by atoms with Crippen molar-refractivity contribution in [3.8, 4) is 0 Å². The zero-order chi connectivity index (χ0) is 18.1. The standard InChI is InChI=1S/C19H29N3O2S/c1-14(22-18(23)12-7-15-5-3-2-4-6-15)13-21-16-8-10-17(11-9-16)25-19(20)24/h8-11,14-15,21H,2-7,12-13H2,1H3,(H2,20,24)(H,22,23)/t14-/m0/s1. The SMILES string of the molecule is C[C@@H](CNc1ccc(SC(N)=O)cc1)NC(=O)CCC1CCCCC1. The number of carbonyl (C=O) groups is 2. The Kier molecular flexibility index (Phi) is 8.12. The third-order valence-corrected chi connectivity index (χ3v) is 5.31. The Labute approximate surface area is 154 Å². The van der Waals surface area contributed by atoms with Crippen molar-refractivity contribution in [2.75, 3.05) is 11.9 Å². The van der Waals surface area contributed by atoms with Crippen molar-refractivity contribution in [2.24, 2.45) is 11.7 Å². The van der Waals surface area contributed by atoms with E-state index in [0.717, 1.165) is 34.7 Å². The number of thioether (sulfide) groups is 1. The molecule has 0 unspecified atom stereocenters. The number of nitrogens with one attached hydrogen (secondary N) is 2. The van der Waals surface area contributed by atoms with Crippen LogP contribution >= 0.6 is 11.8 Å². The van der Waals surface area contributed by atoms with Crippen molar-refractivity contribution in [1.29, 1.82) is 0 Å². The molecule has 25 heavy (non-hydrogen) atoms. The average Bonchev–Trinajstić information content (AvgIpc) is 2.60. The topological polar surface area (TPSA) is 84.2 Å². The fraction of sp³-hybridized carbons (Fsp3) is 0.579. The van der Waals surface area contributed by atoms with Gasteiger partial charge in [0.05, 0.1) is 0 Å². The van der Waals surface area contributed by atoms with Crippen LogP contribution in [-0.2, 0) is 4.79 Å². The second-order valence-electron chi connectivity index (χ2n) is 6.84. The molecule has 1 aromatic rings. The van der Waals surface area contributed by atoms with Gasteiger partial charge in [-0.05, 0) is 55.3 Å². The van der Waals surface area contributed by atoms with Gasteiger partial charge in [-0.3, -0.25) is 9.59 Å². The molecule has 1 aliphatic carbocycles. The number of hydrogen-bond donors (Lipinski definition) is 3. The van der Waals surface area contributed by atoms with Gasteiger partial charge in [-0.25, -0.2) is 0 Å². The minimum atomic E-state index is -0.412. The molecule has 0 saturated heterocycles. The summed E-state index contributed by atoms with van der Waals surface area (Å²) in [5, 5.41) is 5.94. The summed E-state index contributed by atoms with van der Waals surface area (Å²) in [7, 11) is 0. The molecule has 138 valence electrons. The first kappa shape index (κ1) is 19.6. The Balaban J connectivity index is 1.64. The predicted molar refractivity (Wildman–Crippen MR) is 104 cm³/mol. The minimum Gasteiger partial charge on any atom is -0.383 e. The van der Waals surface area contributed by atoms with E-state index in [2.05, 4.69) is 10.6 Å². The molecule has 0 aliphatic heterocycles. The lowest BCUT2D eigenvalue weighted by Gasteiger charge is -2.21. The van der Waals surface area contributed by atoms with E-state index < -0.39 is 5.24 Å². The number of nitrogens with two attached hydrogens (primary N) is 1. The molecule has 0 aromatic heterocycles. The first-order valence-corrected chi connectivity index (χ1v) is 9.95. The zero-order valence-corrected chi connectivity index (χ0v) is 15.7. The summed E-state index contributed by atoms with van der Waals surface area (Å²) in [6.45, 7) is 2.67. The summed E-state index contributed by atoms with van der Waals surface area (Å²) < 4.78 is 0. The zero-order valence-electron chi connectivity index (χ0n) is 14.9. The van der Waals surface area contributed by atoms with Crippen molar-refractivity contribution in [3.63, 3.8) is 0 Å². The van der Waals surface area contributed by atoms with E-state index in [1.807, 2.05) is 31.2 Å². The van der Waals surface area contributed by atoms with E-state index in [4.69, 9.17) is 5.73 Å². The highest BCUT2D eigenvalue weighted by atomic mass is 32.2. The van der Waals surface area contributed by atoms with Crippen molar-refractivity contribution < 1.29 is 9.59 Å². The van der Waals surface area contributed by atoms with Crippen LogP contribution in [0.5, 0.6) is 0 Å². The van der Waals surface area contributed by atoms with Gasteiger partial charge < -0.3 is 16.4 Å². The largest absolute Gasteiger partial charge is 0.383 e. The van der Waals surface area contributed by atoms with Crippen LogP contribution in [0.2, 0.25) is 0 Å². The molecule has 5 nitrogen and oxygen atoms in total. The molecule has 1 aliphatic rings. The lowest BCUT2D eigenvalue weighted by Crippen LogP contribution is -2.37. The highest BCUT2D eigenvalue weighted by Crippen LogP contribution is 2.27. The number of anilines is 1. The Morgan fingerprint density at radius 3 is 2.52 bits per heavy atom. The second kappa shape index (κ2) is 10.3. The quantitative estimate of drug-likeness (QED) is 0.606. The molecule has 1 saturated carbocycles. The first-order valence-electron chi connectivity index (χ1n) is 9.13. The van der Waals surface area contributed by atoms with Gasteiger partial charge in [0.25, 0.3) is 5.24 Å². The van der Waals surface area contributed by atoms with Crippen LogP contribution in [0.3, 0.4) is 0 Å². The van der Waals surface area contributed by atoms with Crippen LogP contribution in [0.4, 0.5) is 10.5 Å². The summed E-state index contributed by atoms with van der Waals surface area (Å²) in [6, 6.07) is 7.58. The van der Waals surface area contributed by atoms with Crippen molar-refractivity contribution in [2.45, 2.75) is 62.8 Å². The molecular formula is C19H29N3O2S. The van der Waals surface area contributed by atoms with Gasteiger partial charge in [0, 0.05) is 29.6 Å². The van der Waals surface area contributed by atoms with Gasteiger partial charge in [-0.15, -0.1) is 0 Å². The number of carbonyl (C=O) groups excluding carboxylic acids is 2. The van der Waals surface area contributed by atoms with Crippen LogP contribution in [0.25, 0.3) is 0 Å². The summed E-state index contributed by atoms with van der Waals surface area (Å²) in [6.07, 6.45) is 8.22. The number of rotatable bonds is 8. The average molecular weight is 364 g/mol. The predicted octanol–water partition coefficient (Wildman–Crippen LogP) is 4.13. The normalized spacial score (nSPS) is 16.2. The van der Waals surface area contributed by atoms with Crippen LogP contribution in [-0.4, -0.2) is 23.7 Å². The maximum atomic E-state index is 12.1. The Bertz CT molecular complexity index is 556. The van der Waals surface area contributed by atoms with Crippen LogP contribution in [0, 0.1) is 5.92 Å². The molecule has 0 heterocycles. The van der Waals surface area contributed by atoms with Crippen molar-refractivity contribution in [3.05, 3.63) is 24.3 Å². The Hall–Kier alpha value is -1.69. The van der Waals surface area contributed by atoms with Gasteiger partial charge in [0.1, 0.15) is 0 Å². The van der Waals surface area contributed by atoms with Crippen LogP contribution < -0.4 is 16.4 Å². The smallest absolute Gasteiger partial charge is 0.281 e. The van der Waals surface area contributed by atoms with Crippen molar-refractivity contribution in [1.82, 2.24) is 5.32 Å². The minimum absolute atomic E-state index is 0.0681. The fourth-order valence-electron chi connectivity index (χ4n) is 3.24. The maximum Gasteiger partial charge on any atom is 0.281 e. The lowest BCUT2D eigenvalue weighted by molar-refractivity contribution is -0.121. The second-order valence-corrected chi connectivity index (χ2v) is 7.92. The molecule has 1 fully saturated rings. The van der Waals surface area contributed by atoms with E-state index in [1.54, 1.807) is 0 Å². The molecular weight excluding hydrogens is 334 g/mol. The fourth-order valence-corrected chi connectivity index (χ4v) is 3.74. The highest BCUT2D eigenvalue weighted by Gasteiger charge is 2.15. The summed E-state index contributed by atoms with van der Waals surface area (Å²) in [5.41, 5.74) is 6.10. The van der Waals surface area contributed by atoms with E-state index in [-0.39, 0.29) is 11.9 Å². The van der Waals surface area contributed by atoms with Gasteiger partial charge in [-0.1, -0.05) is 32.1 Å². The molecule has 0 spiro atoms. The Morgan fingerprint density at radius 2 is 1.88 bits per heavy atom. The molecule has 0 bridgehead atoms. The van der Waals surface area contributed by atoms with Crippen molar-refractivity contribution >= 4 is 28.6 Å². The molecule has 6 heteroatoms. The highest BCUT2D eigenvalue weighted by molar-refractivity contribution is 8.13. The van der Waals surface area contributed by atoms with Gasteiger partial charge >= 0.3 is 0 Å². The number of benzene rings is 1. The van der Waals surface area contributed by atoms with Gasteiger partial charge in [0.15, 0.2) is 0 Å². The molecule has 0 radical (unpaired) electrons. The number of hydrogen-bond acceptors (Lipinski definition) is 4. The van der Waals surface area contributed by atoms with Crippen LogP contribution in [0.15, 0.2) is 29.2 Å². The van der Waals surface area contributed by atoms with Crippen LogP contribution in [0.1, 0.15) is 51.9 Å². The van der Waals surface area contributed by atoms with Gasteiger partial charge in [0.2, 0.25) is 5.91 Å². The third-order valence-electron chi connectivity index (χ3n) is 4.60. The molecule has 4 N–H and O–H groups in total. The van der Waals surface area contributed by atoms with Gasteiger partial charge in [-0.2, -0.15) is 0 Å². The molecule has 2 amide bonds. The van der Waals surface area contributed by atoms with E-state index in [1.165, 1.54) is 32.1 Å². The summed E-state index contributed by atoms with van der Waals surface area (Å²) >= 11 is 1.01. The number of primary amides is 1. The van der Waals surface area contributed by atoms with E-state index >= 15 is 0 Å². The monoisotopic (exact) mass is 363 g/mol. The molecule has 2 rings (SSSR count). The number of amides is 2. The Morgan fingerprint density at radius 1 is 1.20 bits per heavy atom. The molecule has 1 atom stereocenters. The third kappa shape index (κ3) is 7.82. The summed E-state index contributed by atoms with van der Waals surface area (Å²) in [4.78, 5) is 23.7. The molecule has 1 aromatic carbocycles. The summed E-state index contributed by atoms with van der Waals surface area (Å²) in [5.74, 6) is 0.887. The van der Waals surface area contributed by atoms with E-state index in [0.29, 0.717) is 13.0 Å². The van der Waals surface area contributed by atoms with E-state index in [9.17, 15) is 9.59 Å². The first-order chi connectivity index (χ1) is 12.0.